The number of hydrogen-bond acceptors (Lipinski definition) is 7. The average Bonchev–Trinajstić information content (AvgIpc) is 3.37. The molecule has 6 rings (SSSR count). The third kappa shape index (κ3) is 3.82. The van der Waals surface area contributed by atoms with Crippen molar-refractivity contribution < 1.29 is 4.74 Å². The van der Waals surface area contributed by atoms with Gasteiger partial charge in [0, 0.05) is 50.4 Å². The predicted octanol–water partition coefficient (Wildman–Crippen LogP) is 2.59. The Balaban J connectivity index is 1.20. The molecular formula is C25H27N7O2. The molecule has 174 valence electrons. The lowest BCUT2D eigenvalue weighted by atomic mass is 10.1. The minimum absolute atomic E-state index is 0.0937. The van der Waals surface area contributed by atoms with Gasteiger partial charge < -0.3 is 19.5 Å². The molecule has 2 fully saturated rings. The second-order valence-corrected chi connectivity index (χ2v) is 8.91. The molecule has 3 aromatic heterocycles. The number of aromatic nitrogens is 4. The van der Waals surface area contributed by atoms with E-state index in [9.17, 15) is 4.79 Å². The van der Waals surface area contributed by atoms with Crippen molar-refractivity contribution in [3.8, 4) is 11.3 Å². The fourth-order valence-electron chi connectivity index (χ4n) is 4.72. The lowest BCUT2D eigenvalue weighted by Gasteiger charge is -2.43. The van der Waals surface area contributed by atoms with E-state index >= 15 is 0 Å². The van der Waals surface area contributed by atoms with Crippen LogP contribution in [-0.2, 0) is 11.8 Å². The molecule has 0 aliphatic carbocycles. The molecule has 9 heteroatoms. The van der Waals surface area contributed by atoms with Gasteiger partial charge >= 0.3 is 0 Å². The molecule has 2 aliphatic rings. The summed E-state index contributed by atoms with van der Waals surface area (Å²) in [6, 6.07) is 14.4. The summed E-state index contributed by atoms with van der Waals surface area (Å²) < 4.78 is 6.99. The number of rotatable bonds is 5. The number of piperazine rings is 1. The molecule has 0 radical (unpaired) electrons. The molecule has 0 saturated carbocycles. The summed E-state index contributed by atoms with van der Waals surface area (Å²) in [4.78, 5) is 22.4. The Morgan fingerprint density at radius 3 is 2.59 bits per heavy atom. The zero-order valence-corrected chi connectivity index (χ0v) is 19.1. The molecule has 0 amide bonds. The van der Waals surface area contributed by atoms with Crippen molar-refractivity contribution in [1.29, 1.82) is 0 Å². The van der Waals surface area contributed by atoms with Gasteiger partial charge in [0.05, 0.1) is 42.4 Å². The second-order valence-electron chi connectivity index (χ2n) is 8.91. The monoisotopic (exact) mass is 457 g/mol. The number of pyridine rings is 2. The first-order valence-electron chi connectivity index (χ1n) is 11.6. The van der Waals surface area contributed by atoms with Gasteiger partial charge in [-0.1, -0.05) is 6.07 Å². The van der Waals surface area contributed by atoms with Crippen molar-refractivity contribution >= 4 is 28.1 Å². The third-order valence-corrected chi connectivity index (χ3v) is 6.86. The Bertz CT molecular complexity index is 1350. The molecule has 0 spiro atoms. The molecule has 34 heavy (non-hydrogen) atoms. The van der Waals surface area contributed by atoms with E-state index in [-0.39, 0.29) is 5.56 Å². The molecule has 2 N–H and O–H groups in total. The molecule has 2 saturated heterocycles. The summed E-state index contributed by atoms with van der Waals surface area (Å²) in [7, 11) is 1.79. The van der Waals surface area contributed by atoms with Crippen LogP contribution in [0.2, 0.25) is 0 Å². The predicted molar refractivity (Wildman–Crippen MR) is 133 cm³/mol. The van der Waals surface area contributed by atoms with Crippen molar-refractivity contribution in [2.24, 2.45) is 7.05 Å². The number of H-pyrrole nitrogens is 1. The van der Waals surface area contributed by atoms with Crippen molar-refractivity contribution in [3.05, 3.63) is 65.2 Å². The van der Waals surface area contributed by atoms with Crippen LogP contribution < -0.4 is 15.8 Å². The van der Waals surface area contributed by atoms with Crippen molar-refractivity contribution in [3.63, 3.8) is 0 Å². The minimum atomic E-state index is -0.0937. The topological polar surface area (TPSA) is 91.3 Å². The first kappa shape index (κ1) is 20.9. The summed E-state index contributed by atoms with van der Waals surface area (Å²) in [6.07, 6.45) is 3.61. The molecule has 4 aromatic rings. The molecule has 1 aromatic carbocycles. The maximum atomic E-state index is 13.0. The maximum absolute atomic E-state index is 13.0. The van der Waals surface area contributed by atoms with E-state index in [1.807, 2.05) is 36.5 Å². The van der Waals surface area contributed by atoms with Gasteiger partial charge in [0.25, 0.3) is 5.56 Å². The molecule has 0 atom stereocenters. The van der Waals surface area contributed by atoms with E-state index in [1.54, 1.807) is 17.8 Å². The number of nitrogens with one attached hydrogen (secondary N) is 2. The van der Waals surface area contributed by atoms with Crippen LogP contribution in [-0.4, -0.2) is 70.1 Å². The summed E-state index contributed by atoms with van der Waals surface area (Å²) in [5.41, 5.74) is 4.32. The summed E-state index contributed by atoms with van der Waals surface area (Å²) >= 11 is 0. The number of fused-ring (bicyclic) bond motifs is 1. The smallest absolute Gasteiger partial charge is 0.274 e. The standard InChI is InChI=1S/C25H27N7O2/c1-30-23-4-2-17(21-6-7-27-29-21)12-18(23)13-22(25(30)33)28-24-5-3-19(14-26-24)31-8-10-32(11-9-31)20-15-34-16-20/h2-7,12-14,20H,8-11,15-16H2,1H3,(H,26,28)(H,27,29). The summed E-state index contributed by atoms with van der Waals surface area (Å²) in [6.45, 7) is 5.77. The highest BCUT2D eigenvalue weighted by Crippen LogP contribution is 2.25. The largest absolute Gasteiger partial charge is 0.378 e. The van der Waals surface area contributed by atoms with Crippen LogP contribution in [0.1, 0.15) is 0 Å². The fourth-order valence-corrected chi connectivity index (χ4v) is 4.72. The summed E-state index contributed by atoms with van der Waals surface area (Å²) in [5, 5.41) is 11.2. The van der Waals surface area contributed by atoms with Gasteiger partial charge in [-0.05, 0) is 36.4 Å². The van der Waals surface area contributed by atoms with Crippen LogP contribution in [0, 0.1) is 0 Å². The third-order valence-electron chi connectivity index (χ3n) is 6.86. The van der Waals surface area contributed by atoms with Gasteiger partial charge in [-0.15, -0.1) is 0 Å². The van der Waals surface area contributed by atoms with Gasteiger partial charge in [0.2, 0.25) is 0 Å². The number of aryl methyl sites for hydroxylation is 1. The highest BCUT2D eigenvalue weighted by Gasteiger charge is 2.28. The average molecular weight is 458 g/mol. The Morgan fingerprint density at radius 1 is 1.06 bits per heavy atom. The van der Waals surface area contributed by atoms with E-state index in [0.717, 1.165) is 67.2 Å². The van der Waals surface area contributed by atoms with Crippen LogP contribution in [0.5, 0.6) is 0 Å². The number of aromatic amines is 1. The van der Waals surface area contributed by atoms with E-state index in [1.165, 1.54) is 0 Å². The lowest BCUT2D eigenvalue weighted by Crippen LogP contribution is -2.56. The molecule has 0 bridgehead atoms. The van der Waals surface area contributed by atoms with Crippen molar-refractivity contribution in [2.75, 3.05) is 49.6 Å². The number of anilines is 3. The minimum Gasteiger partial charge on any atom is -0.378 e. The second kappa shape index (κ2) is 8.58. The quantitative estimate of drug-likeness (QED) is 0.476. The zero-order valence-electron chi connectivity index (χ0n) is 19.1. The van der Waals surface area contributed by atoms with Gasteiger partial charge in [0.1, 0.15) is 11.5 Å². The van der Waals surface area contributed by atoms with E-state index in [2.05, 4.69) is 42.4 Å². The molecule has 9 nitrogen and oxygen atoms in total. The number of hydrogen-bond donors (Lipinski definition) is 2. The summed E-state index contributed by atoms with van der Waals surface area (Å²) in [5.74, 6) is 0.648. The van der Waals surface area contributed by atoms with E-state index in [4.69, 9.17) is 4.74 Å². The highest BCUT2D eigenvalue weighted by atomic mass is 16.5. The van der Waals surface area contributed by atoms with Gasteiger partial charge in [0.15, 0.2) is 0 Å². The van der Waals surface area contributed by atoms with Crippen molar-refractivity contribution in [2.45, 2.75) is 6.04 Å². The Morgan fingerprint density at radius 2 is 1.91 bits per heavy atom. The molecule has 0 unspecified atom stereocenters. The molecular weight excluding hydrogens is 430 g/mol. The fraction of sp³-hybridized carbons (Fsp3) is 0.320. The maximum Gasteiger partial charge on any atom is 0.274 e. The Labute approximate surface area is 197 Å². The normalized spacial score (nSPS) is 17.1. The Hall–Kier alpha value is -3.69. The number of benzene rings is 1. The molecule has 2 aliphatic heterocycles. The lowest BCUT2D eigenvalue weighted by molar-refractivity contribution is -0.0660. The van der Waals surface area contributed by atoms with Crippen LogP contribution in [0.15, 0.2) is 59.7 Å². The van der Waals surface area contributed by atoms with Gasteiger partial charge in [-0.25, -0.2) is 4.98 Å². The van der Waals surface area contributed by atoms with Crippen molar-refractivity contribution in [1.82, 2.24) is 24.6 Å². The van der Waals surface area contributed by atoms with E-state index in [0.29, 0.717) is 17.5 Å². The van der Waals surface area contributed by atoms with Gasteiger partial charge in [-0.2, -0.15) is 5.10 Å². The SMILES string of the molecule is Cn1c(=O)c(Nc2ccc(N3CCN(C4COC4)CC3)cn2)cc2cc(-c3ccn[nH]3)ccc21. The zero-order chi connectivity index (χ0) is 23.1. The Kier molecular flexibility index (Phi) is 5.27. The first-order chi connectivity index (χ1) is 16.7. The van der Waals surface area contributed by atoms with Crippen LogP contribution >= 0.6 is 0 Å². The van der Waals surface area contributed by atoms with Crippen LogP contribution in [0.25, 0.3) is 22.2 Å². The van der Waals surface area contributed by atoms with Crippen LogP contribution in [0.4, 0.5) is 17.2 Å². The van der Waals surface area contributed by atoms with Crippen LogP contribution in [0.3, 0.4) is 0 Å². The highest BCUT2D eigenvalue weighted by molar-refractivity contribution is 5.87. The number of ether oxygens (including phenoxy) is 1. The first-order valence-corrected chi connectivity index (χ1v) is 11.6. The number of nitrogens with zero attached hydrogens (tertiary/aromatic N) is 5. The van der Waals surface area contributed by atoms with Gasteiger partial charge in [-0.3, -0.25) is 14.8 Å². The van der Waals surface area contributed by atoms with E-state index < -0.39 is 0 Å². The molecule has 5 heterocycles.